The van der Waals surface area contributed by atoms with Gasteiger partial charge in [-0.1, -0.05) is 43.4 Å². The van der Waals surface area contributed by atoms with Crippen LogP contribution < -0.4 is 10.1 Å². The van der Waals surface area contributed by atoms with Gasteiger partial charge in [-0.3, -0.25) is 9.78 Å². The summed E-state index contributed by atoms with van der Waals surface area (Å²) >= 11 is 1.65. The highest BCUT2D eigenvalue weighted by Crippen LogP contribution is 2.32. The normalized spacial score (nSPS) is 15.0. The fraction of sp³-hybridized carbons (Fsp3) is 0.381. The highest BCUT2D eigenvalue weighted by molar-refractivity contribution is 7.22. The van der Waals surface area contributed by atoms with Crippen LogP contribution in [0.15, 0.2) is 36.5 Å². The lowest BCUT2D eigenvalue weighted by molar-refractivity contribution is 0.111. The molecule has 140 valence electrons. The van der Waals surface area contributed by atoms with Gasteiger partial charge in [-0.05, 0) is 30.5 Å². The fourth-order valence-electron chi connectivity index (χ4n) is 3.60. The van der Waals surface area contributed by atoms with Gasteiger partial charge in [0.1, 0.15) is 17.2 Å². The number of carbonyl (C=O) groups excluding carboxylic acids is 1. The first-order valence-electron chi connectivity index (χ1n) is 9.54. The van der Waals surface area contributed by atoms with E-state index < -0.39 is 0 Å². The van der Waals surface area contributed by atoms with E-state index >= 15 is 0 Å². The molecule has 0 amide bonds. The number of thiazole rings is 1. The van der Waals surface area contributed by atoms with Gasteiger partial charge in [-0.2, -0.15) is 0 Å². The van der Waals surface area contributed by atoms with Crippen molar-refractivity contribution >= 4 is 33.0 Å². The number of nitrogens with zero attached hydrogens (tertiary/aromatic N) is 2. The van der Waals surface area contributed by atoms with Crippen molar-refractivity contribution in [1.29, 1.82) is 0 Å². The number of carbonyl (C=O) groups is 1. The molecule has 4 rings (SSSR count). The Bertz CT molecular complexity index is 919. The molecule has 2 heterocycles. The Labute approximate surface area is 162 Å². The summed E-state index contributed by atoms with van der Waals surface area (Å²) in [5, 5.41) is 4.45. The number of fused-ring (bicyclic) bond motifs is 1. The molecule has 2 aromatic heterocycles. The zero-order valence-corrected chi connectivity index (χ0v) is 16.0. The number of hydrogen-bond acceptors (Lipinski definition) is 6. The van der Waals surface area contributed by atoms with E-state index in [1.54, 1.807) is 29.7 Å². The number of hydrogen-bond donors (Lipinski definition) is 1. The fourth-order valence-corrected chi connectivity index (χ4v) is 4.51. The number of benzene rings is 1. The number of nitrogens with one attached hydrogen (secondary N) is 1. The Morgan fingerprint density at radius 2 is 2.00 bits per heavy atom. The molecule has 0 atom stereocenters. The third-order valence-corrected chi connectivity index (χ3v) is 6.00. The average Bonchev–Trinajstić information content (AvgIpc) is 3.11. The zero-order chi connectivity index (χ0) is 18.5. The number of ether oxygens (including phenoxy) is 1. The van der Waals surface area contributed by atoms with E-state index in [2.05, 4.69) is 15.3 Å². The van der Waals surface area contributed by atoms with Gasteiger partial charge in [0.2, 0.25) is 0 Å². The molecule has 1 aliphatic rings. The Hall–Kier alpha value is -2.47. The smallest absolute Gasteiger partial charge is 0.183 e. The molecule has 0 spiro atoms. The maximum Gasteiger partial charge on any atom is 0.183 e. The molecular formula is C21H23N3O2S. The van der Waals surface area contributed by atoms with Crippen molar-refractivity contribution in [2.75, 3.05) is 11.9 Å². The van der Waals surface area contributed by atoms with E-state index in [-0.39, 0.29) is 0 Å². The summed E-state index contributed by atoms with van der Waals surface area (Å²) in [7, 11) is 0. The molecule has 0 radical (unpaired) electrons. The Kier molecular flexibility index (Phi) is 5.63. The van der Waals surface area contributed by atoms with Crippen LogP contribution in [0.25, 0.3) is 10.2 Å². The second-order valence-corrected chi connectivity index (χ2v) is 8.04. The van der Waals surface area contributed by atoms with Crippen molar-refractivity contribution < 1.29 is 9.53 Å². The van der Waals surface area contributed by atoms with Crippen molar-refractivity contribution in [1.82, 2.24) is 9.97 Å². The van der Waals surface area contributed by atoms with Crippen molar-refractivity contribution in [2.24, 2.45) is 5.92 Å². The molecular weight excluding hydrogens is 358 g/mol. The Morgan fingerprint density at radius 3 is 2.85 bits per heavy atom. The van der Waals surface area contributed by atoms with Gasteiger partial charge in [-0.25, -0.2) is 4.98 Å². The van der Waals surface area contributed by atoms with Crippen molar-refractivity contribution in [2.45, 2.75) is 38.5 Å². The van der Waals surface area contributed by atoms with Crippen LogP contribution >= 0.6 is 11.3 Å². The van der Waals surface area contributed by atoms with E-state index in [0.29, 0.717) is 17.7 Å². The molecule has 27 heavy (non-hydrogen) atoms. The predicted octanol–water partition coefficient (Wildman–Crippen LogP) is 5.68. The SMILES string of the molecule is O=Cc1cc(Oc2ccc3nc(NCCC4CCCCC4)sc3c2)ccn1. The zero-order valence-electron chi connectivity index (χ0n) is 15.2. The highest BCUT2D eigenvalue weighted by Gasteiger charge is 2.13. The van der Waals surface area contributed by atoms with Crippen LogP contribution in [0, 0.1) is 5.92 Å². The summed E-state index contributed by atoms with van der Waals surface area (Å²) in [5.74, 6) is 2.20. The summed E-state index contributed by atoms with van der Waals surface area (Å²) in [6.07, 6.45) is 10.4. The number of pyridine rings is 1. The van der Waals surface area contributed by atoms with Crippen LogP contribution in [0.2, 0.25) is 0 Å². The summed E-state index contributed by atoms with van der Waals surface area (Å²) in [4.78, 5) is 19.5. The first kappa shape index (κ1) is 17.9. The summed E-state index contributed by atoms with van der Waals surface area (Å²) in [6.45, 7) is 0.985. The van der Waals surface area contributed by atoms with Crippen LogP contribution in [0.3, 0.4) is 0 Å². The molecule has 0 saturated heterocycles. The van der Waals surface area contributed by atoms with Gasteiger partial charge >= 0.3 is 0 Å². The van der Waals surface area contributed by atoms with E-state index in [4.69, 9.17) is 4.74 Å². The molecule has 1 saturated carbocycles. The standard InChI is InChI=1S/C21H23N3O2S/c25-14-16-12-18(9-11-22-16)26-17-6-7-19-20(13-17)27-21(24-19)23-10-8-15-4-2-1-3-5-15/h6-7,9,11-15H,1-5,8,10H2,(H,23,24). The second kappa shape index (κ2) is 8.48. The first-order valence-corrected chi connectivity index (χ1v) is 10.4. The van der Waals surface area contributed by atoms with Crippen molar-refractivity contribution in [3.05, 3.63) is 42.2 Å². The number of aromatic nitrogens is 2. The molecule has 6 heteroatoms. The number of rotatable bonds is 7. The monoisotopic (exact) mass is 381 g/mol. The van der Waals surface area contributed by atoms with Gasteiger partial charge in [-0.15, -0.1) is 0 Å². The lowest BCUT2D eigenvalue weighted by Crippen LogP contribution is -2.11. The summed E-state index contributed by atoms with van der Waals surface area (Å²) in [5.41, 5.74) is 1.33. The molecule has 1 aliphatic carbocycles. The third kappa shape index (κ3) is 4.63. The molecule has 0 bridgehead atoms. The molecule has 3 aromatic rings. The van der Waals surface area contributed by atoms with E-state index in [1.165, 1.54) is 38.5 Å². The van der Waals surface area contributed by atoms with Gasteiger partial charge in [0.25, 0.3) is 0 Å². The van der Waals surface area contributed by atoms with E-state index in [1.807, 2.05) is 18.2 Å². The maximum atomic E-state index is 10.8. The topological polar surface area (TPSA) is 64.1 Å². The van der Waals surface area contributed by atoms with Crippen molar-refractivity contribution in [3.63, 3.8) is 0 Å². The van der Waals surface area contributed by atoms with E-state index in [0.717, 1.165) is 33.6 Å². The van der Waals surface area contributed by atoms with Crippen molar-refractivity contribution in [3.8, 4) is 11.5 Å². The molecule has 5 nitrogen and oxygen atoms in total. The third-order valence-electron chi connectivity index (χ3n) is 5.02. The first-order chi connectivity index (χ1) is 13.3. The van der Waals surface area contributed by atoms with E-state index in [9.17, 15) is 4.79 Å². The predicted molar refractivity (Wildman–Crippen MR) is 109 cm³/mol. The quantitative estimate of drug-likeness (QED) is 0.534. The maximum absolute atomic E-state index is 10.8. The lowest BCUT2D eigenvalue weighted by atomic mass is 9.87. The molecule has 1 N–H and O–H groups in total. The van der Waals surface area contributed by atoms with Crippen LogP contribution in [0.4, 0.5) is 5.13 Å². The van der Waals surface area contributed by atoms with Gasteiger partial charge in [0, 0.05) is 24.9 Å². The molecule has 0 unspecified atom stereocenters. The second-order valence-electron chi connectivity index (χ2n) is 7.00. The number of aldehydes is 1. The molecule has 1 fully saturated rings. The summed E-state index contributed by atoms with van der Waals surface area (Å²) < 4.78 is 6.94. The summed E-state index contributed by atoms with van der Waals surface area (Å²) in [6, 6.07) is 9.22. The van der Waals surface area contributed by atoms with Gasteiger partial charge < -0.3 is 10.1 Å². The lowest BCUT2D eigenvalue weighted by Gasteiger charge is -2.21. The average molecular weight is 382 g/mol. The number of anilines is 1. The minimum Gasteiger partial charge on any atom is -0.457 e. The molecule has 1 aromatic carbocycles. The van der Waals surface area contributed by atoms with Gasteiger partial charge in [0.15, 0.2) is 11.4 Å². The Morgan fingerprint density at radius 1 is 1.15 bits per heavy atom. The van der Waals surface area contributed by atoms with Crippen LogP contribution in [-0.2, 0) is 0 Å². The van der Waals surface area contributed by atoms with Crippen LogP contribution in [0.1, 0.15) is 49.0 Å². The molecule has 0 aliphatic heterocycles. The highest BCUT2D eigenvalue weighted by atomic mass is 32.1. The van der Waals surface area contributed by atoms with Crippen LogP contribution in [-0.4, -0.2) is 22.8 Å². The largest absolute Gasteiger partial charge is 0.457 e. The Balaban J connectivity index is 1.39. The van der Waals surface area contributed by atoms with Gasteiger partial charge in [0.05, 0.1) is 10.2 Å². The minimum absolute atomic E-state index is 0.357. The minimum atomic E-state index is 0.357. The van der Waals surface area contributed by atoms with Crippen LogP contribution in [0.5, 0.6) is 11.5 Å².